The van der Waals surface area contributed by atoms with Crippen molar-refractivity contribution in [2.24, 2.45) is 0 Å². The zero-order valence-electron chi connectivity index (χ0n) is 18.2. The van der Waals surface area contributed by atoms with Gasteiger partial charge in [0.1, 0.15) is 0 Å². The molecule has 0 saturated carbocycles. The van der Waals surface area contributed by atoms with Crippen molar-refractivity contribution < 1.29 is 13.2 Å². The van der Waals surface area contributed by atoms with Crippen LogP contribution in [0.2, 0.25) is 0 Å². The van der Waals surface area contributed by atoms with Crippen molar-refractivity contribution in [1.29, 1.82) is 0 Å². The lowest BCUT2D eigenvalue weighted by Crippen LogP contribution is -2.47. The van der Waals surface area contributed by atoms with Gasteiger partial charge in [0.15, 0.2) is 15.0 Å². The summed E-state index contributed by atoms with van der Waals surface area (Å²) in [6.45, 7) is 5.73. The predicted octanol–water partition coefficient (Wildman–Crippen LogP) is 2.79. The molecule has 1 aliphatic heterocycles. The second-order valence-electron chi connectivity index (χ2n) is 8.56. The van der Waals surface area contributed by atoms with Crippen molar-refractivity contribution >= 4 is 38.4 Å². The van der Waals surface area contributed by atoms with E-state index in [9.17, 15) is 18.0 Å². The van der Waals surface area contributed by atoms with Crippen LogP contribution < -0.4 is 10.9 Å². The van der Waals surface area contributed by atoms with Crippen molar-refractivity contribution in [3.63, 3.8) is 0 Å². The number of fused-ring (bicyclic) bond motifs is 1. The van der Waals surface area contributed by atoms with E-state index in [-0.39, 0.29) is 28.7 Å². The number of nitrogens with one attached hydrogen (secondary N) is 1. The number of carbonyl (C=O) groups is 1. The Kier molecular flexibility index (Phi) is 5.89. The fourth-order valence-corrected chi connectivity index (χ4v) is 6.82. The molecule has 0 spiro atoms. The van der Waals surface area contributed by atoms with Gasteiger partial charge in [-0.1, -0.05) is 30.0 Å². The predicted molar refractivity (Wildman–Crippen MR) is 127 cm³/mol. The van der Waals surface area contributed by atoms with Crippen molar-refractivity contribution in [1.82, 2.24) is 14.9 Å². The van der Waals surface area contributed by atoms with Gasteiger partial charge in [-0.25, -0.2) is 13.4 Å². The average molecular weight is 472 g/mol. The summed E-state index contributed by atoms with van der Waals surface area (Å²) in [6.07, 6.45) is 0.396. The van der Waals surface area contributed by atoms with Crippen LogP contribution in [-0.4, -0.2) is 46.7 Å². The Morgan fingerprint density at radius 3 is 2.62 bits per heavy atom. The first-order valence-electron chi connectivity index (χ1n) is 10.3. The normalized spacial score (nSPS) is 19.8. The number of para-hydroxylation sites is 1. The van der Waals surface area contributed by atoms with E-state index in [1.165, 1.54) is 4.57 Å². The molecular weight excluding hydrogens is 446 g/mol. The first kappa shape index (κ1) is 22.5. The van der Waals surface area contributed by atoms with Gasteiger partial charge in [0.05, 0.1) is 39.4 Å². The molecule has 0 bridgehead atoms. The molecule has 1 aromatic heterocycles. The van der Waals surface area contributed by atoms with Gasteiger partial charge in [-0.3, -0.25) is 14.2 Å². The number of rotatable bonds is 5. The van der Waals surface area contributed by atoms with E-state index in [4.69, 9.17) is 0 Å². The third-order valence-electron chi connectivity index (χ3n) is 5.77. The van der Waals surface area contributed by atoms with Crippen LogP contribution in [0.3, 0.4) is 0 Å². The van der Waals surface area contributed by atoms with Crippen LogP contribution in [0.25, 0.3) is 16.6 Å². The quantitative estimate of drug-likeness (QED) is 0.454. The number of nitrogens with zero attached hydrogens (tertiary/aromatic N) is 2. The second-order valence-corrected chi connectivity index (χ2v) is 11.7. The minimum absolute atomic E-state index is 0.0191. The van der Waals surface area contributed by atoms with Gasteiger partial charge >= 0.3 is 0 Å². The van der Waals surface area contributed by atoms with Crippen molar-refractivity contribution in [2.75, 3.05) is 17.3 Å². The molecule has 1 unspecified atom stereocenters. The molecule has 32 heavy (non-hydrogen) atoms. The lowest BCUT2D eigenvalue weighted by Gasteiger charge is -2.23. The summed E-state index contributed by atoms with van der Waals surface area (Å²) >= 11 is 1.16. The van der Waals surface area contributed by atoms with Crippen molar-refractivity contribution in [3.8, 4) is 5.69 Å². The highest BCUT2D eigenvalue weighted by atomic mass is 32.2. The Bertz CT molecular complexity index is 1380. The van der Waals surface area contributed by atoms with Crippen LogP contribution in [0, 0.1) is 13.8 Å². The highest BCUT2D eigenvalue weighted by Gasteiger charge is 2.39. The van der Waals surface area contributed by atoms with E-state index < -0.39 is 15.4 Å². The Balaban J connectivity index is 1.66. The number of carbonyl (C=O) groups excluding carboxylic acids is 1. The summed E-state index contributed by atoms with van der Waals surface area (Å²) < 4.78 is 25.2. The van der Waals surface area contributed by atoms with Crippen LogP contribution in [-0.2, 0) is 14.6 Å². The van der Waals surface area contributed by atoms with Crippen molar-refractivity contribution in [2.45, 2.75) is 37.9 Å². The summed E-state index contributed by atoms with van der Waals surface area (Å²) in [5.41, 5.74) is 2.45. The zero-order chi connectivity index (χ0) is 23.1. The minimum Gasteiger partial charge on any atom is -0.349 e. The summed E-state index contributed by atoms with van der Waals surface area (Å²) in [7, 11) is -3.13. The molecule has 1 aliphatic rings. The van der Waals surface area contributed by atoms with E-state index in [0.29, 0.717) is 28.2 Å². The van der Waals surface area contributed by atoms with E-state index >= 15 is 0 Å². The topological polar surface area (TPSA) is 98.1 Å². The third-order valence-corrected chi connectivity index (χ3v) is 8.61. The first-order chi connectivity index (χ1) is 15.1. The fourth-order valence-electron chi connectivity index (χ4n) is 3.91. The Morgan fingerprint density at radius 1 is 1.19 bits per heavy atom. The molecule has 3 aromatic rings. The number of thioether (sulfide) groups is 1. The highest BCUT2D eigenvalue weighted by molar-refractivity contribution is 7.99. The van der Waals surface area contributed by atoms with E-state index in [0.717, 1.165) is 22.9 Å². The van der Waals surface area contributed by atoms with E-state index in [2.05, 4.69) is 10.3 Å². The summed E-state index contributed by atoms with van der Waals surface area (Å²) in [5.74, 6) is -0.248. The average Bonchev–Trinajstić information content (AvgIpc) is 3.01. The van der Waals surface area contributed by atoms with Gasteiger partial charge in [0.2, 0.25) is 5.91 Å². The van der Waals surface area contributed by atoms with Crippen molar-refractivity contribution in [3.05, 3.63) is 63.9 Å². The summed E-state index contributed by atoms with van der Waals surface area (Å²) in [5, 5.41) is 3.77. The third kappa shape index (κ3) is 4.59. The van der Waals surface area contributed by atoms with Gasteiger partial charge in [-0.05, 0) is 62.6 Å². The highest BCUT2D eigenvalue weighted by Crippen LogP contribution is 2.25. The SMILES string of the molecule is Cc1ccc(-n2c(SCC(=O)NC3(C)CCS(=O)(=O)C3)nc3ccccc3c2=O)cc1C. The standard InChI is InChI=1S/C23H25N3O4S2/c1-15-8-9-17(12-16(15)2)26-21(28)18-6-4-5-7-19(18)24-22(26)31-13-20(27)25-23(3)10-11-32(29,30)14-23/h4-9,12H,10-11,13-14H2,1-3H3,(H,25,27). The first-order valence-corrected chi connectivity index (χ1v) is 13.1. The lowest BCUT2D eigenvalue weighted by molar-refractivity contribution is -0.120. The maximum absolute atomic E-state index is 13.3. The Hall–Kier alpha value is -2.65. The number of hydrogen-bond donors (Lipinski definition) is 1. The molecule has 9 heteroatoms. The van der Waals surface area contributed by atoms with Crippen LogP contribution in [0.5, 0.6) is 0 Å². The number of aromatic nitrogens is 2. The zero-order valence-corrected chi connectivity index (χ0v) is 19.8. The molecule has 1 N–H and O–H groups in total. The van der Waals surface area contributed by atoms with Gasteiger partial charge in [0, 0.05) is 0 Å². The van der Waals surface area contributed by atoms with Gasteiger partial charge < -0.3 is 5.32 Å². The van der Waals surface area contributed by atoms with Crippen LogP contribution in [0.15, 0.2) is 52.4 Å². The molecule has 4 rings (SSSR count). The monoisotopic (exact) mass is 471 g/mol. The van der Waals surface area contributed by atoms with Gasteiger partial charge in [-0.2, -0.15) is 0 Å². The molecule has 1 amide bonds. The smallest absolute Gasteiger partial charge is 0.266 e. The Morgan fingerprint density at radius 2 is 1.94 bits per heavy atom. The number of benzene rings is 2. The second kappa shape index (κ2) is 8.37. The van der Waals surface area contributed by atoms with Crippen LogP contribution >= 0.6 is 11.8 Å². The molecule has 0 aliphatic carbocycles. The molecule has 1 saturated heterocycles. The molecule has 2 heterocycles. The molecule has 7 nitrogen and oxygen atoms in total. The number of sulfone groups is 1. The molecular formula is C23H25N3O4S2. The van der Waals surface area contributed by atoms with Gasteiger partial charge in [0.25, 0.3) is 5.56 Å². The fraction of sp³-hybridized carbons (Fsp3) is 0.348. The lowest BCUT2D eigenvalue weighted by atomic mass is 10.0. The molecule has 0 radical (unpaired) electrons. The summed E-state index contributed by atoms with van der Waals surface area (Å²) in [6, 6.07) is 12.9. The molecule has 2 aromatic carbocycles. The van der Waals surface area contributed by atoms with Crippen LogP contribution in [0.4, 0.5) is 0 Å². The maximum Gasteiger partial charge on any atom is 0.266 e. The van der Waals surface area contributed by atoms with E-state index in [1.807, 2.05) is 38.1 Å². The summed E-state index contributed by atoms with van der Waals surface area (Å²) in [4.78, 5) is 30.6. The molecule has 1 atom stereocenters. The molecule has 168 valence electrons. The Labute approximate surface area is 191 Å². The largest absolute Gasteiger partial charge is 0.349 e. The van der Waals surface area contributed by atoms with Gasteiger partial charge in [-0.15, -0.1) is 0 Å². The van der Waals surface area contributed by atoms with Crippen LogP contribution in [0.1, 0.15) is 24.5 Å². The minimum atomic E-state index is -3.13. The van der Waals surface area contributed by atoms with E-state index in [1.54, 1.807) is 25.1 Å². The maximum atomic E-state index is 13.3. The number of aryl methyl sites for hydroxylation is 2. The molecule has 1 fully saturated rings. The number of amides is 1. The number of hydrogen-bond acceptors (Lipinski definition) is 6.